The lowest BCUT2D eigenvalue weighted by Crippen LogP contribution is -2.31. The van der Waals surface area contributed by atoms with Crippen molar-refractivity contribution < 1.29 is 23.5 Å². The molecule has 0 spiro atoms. The highest BCUT2D eigenvalue weighted by atomic mass is 16.5. The smallest absolute Gasteiger partial charge is 0.338 e. The predicted octanol–water partition coefficient (Wildman–Crippen LogP) is 3.96. The van der Waals surface area contributed by atoms with Crippen LogP contribution in [0.1, 0.15) is 37.6 Å². The molecule has 3 rings (SSSR count). The number of aryl methyl sites for hydroxylation is 2. The second-order valence-corrected chi connectivity index (χ2v) is 7.21. The molecule has 0 aliphatic carbocycles. The molecular formula is C24H24N2O5. The molecule has 0 unspecified atom stereocenters. The van der Waals surface area contributed by atoms with Crippen molar-refractivity contribution in [1.82, 2.24) is 4.90 Å². The summed E-state index contributed by atoms with van der Waals surface area (Å²) in [7, 11) is 1.66. The minimum atomic E-state index is -0.647. The summed E-state index contributed by atoms with van der Waals surface area (Å²) < 4.78 is 10.3. The molecule has 1 aromatic heterocycles. The number of rotatable bonds is 7. The van der Waals surface area contributed by atoms with Gasteiger partial charge in [-0.2, -0.15) is 0 Å². The van der Waals surface area contributed by atoms with Gasteiger partial charge in [-0.05, 0) is 54.8 Å². The molecule has 0 aliphatic rings. The topological polar surface area (TPSA) is 88.9 Å². The highest BCUT2D eigenvalue weighted by Crippen LogP contribution is 2.19. The molecule has 0 aliphatic heterocycles. The Morgan fingerprint density at radius 1 is 1.00 bits per heavy atom. The summed E-state index contributed by atoms with van der Waals surface area (Å²) in [6.45, 7) is 3.84. The van der Waals surface area contributed by atoms with Gasteiger partial charge in [-0.25, -0.2) is 4.79 Å². The van der Waals surface area contributed by atoms with Gasteiger partial charge in [-0.1, -0.05) is 30.3 Å². The average molecular weight is 420 g/mol. The summed E-state index contributed by atoms with van der Waals surface area (Å²) >= 11 is 0. The van der Waals surface area contributed by atoms with Crippen molar-refractivity contribution in [1.29, 1.82) is 0 Å². The Labute approximate surface area is 180 Å². The number of benzene rings is 2. The Morgan fingerprint density at radius 2 is 1.77 bits per heavy atom. The molecule has 0 saturated carbocycles. The van der Waals surface area contributed by atoms with Crippen molar-refractivity contribution in [2.24, 2.45) is 0 Å². The van der Waals surface area contributed by atoms with Crippen molar-refractivity contribution in [3.63, 3.8) is 0 Å². The lowest BCUT2D eigenvalue weighted by molar-refractivity contribution is -0.133. The highest BCUT2D eigenvalue weighted by Gasteiger charge is 2.16. The lowest BCUT2D eigenvalue weighted by atomic mass is 10.1. The van der Waals surface area contributed by atoms with Crippen molar-refractivity contribution in [2.75, 3.05) is 19.0 Å². The molecule has 2 aromatic carbocycles. The van der Waals surface area contributed by atoms with Crippen molar-refractivity contribution >= 4 is 23.5 Å². The van der Waals surface area contributed by atoms with Gasteiger partial charge in [0.25, 0.3) is 11.8 Å². The summed E-state index contributed by atoms with van der Waals surface area (Å²) in [6, 6.07) is 15.7. The molecule has 7 nitrogen and oxygen atoms in total. The van der Waals surface area contributed by atoms with Crippen LogP contribution in [-0.4, -0.2) is 36.3 Å². The number of anilines is 1. The van der Waals surface area contributed by atoms with Crippen molar-refractivity contribution in [2.45, 2.75) is 20.4 Å². The quantitative estimate of drug-likeness (QED) is 0.585. The molecule has 3 aromatic rings. The van der Waals surface area contributed by atoms with Crippen molar-refractivity contribution in [3.8, 4) is 0 Å². The Kier molecular flexibility index (Phi) is 6.87. The molecule has 0 bridgehead atoms. The van der Waals surface area contributed by atoms with E-state index in [2.05, 4.69) is 5.32 Å². The maximum absolute atomic E-state index is 12.4. The van der Waals surface area contributed by atoms with Gasteiger partial charge < -0.3 is 19.4 Å². The van der Waals surface area contributed by atoms with Crippen LogP contribution < -0.4 is 5.32 Å². The number of esters is 1. The molecule has 1 N–H and O–H groups in total. The zero-order chi connectivity index (χ0) is 22.4. The molecule has 1 heterocycles. The third kappa shape index (κ3) is 5.60. The van der Waals surface area contributed by atoms with Gasteiger partial charge in [0.2, 0.25) is 0 Å². The standard InChI is InChI=1S/C24H24N2O5/c1-16-7-4-5-8-19(16)14-26(3)22(27)15-31-24(29)18-11-10-17(2)20(13-18)25-23(28)21-9-6-12-30-21/h4-13H,14-15H2,1-3H3,(H,25,28). The van der Waals surface area contributed by atoms with Gasteiger partial charge in [0.15, 0.2) is 12.4 Å². The van der Waals surface area contributed by atoms with E-state index in [0.717, 1.165) is 16.7 Å². The fourth-order valence-electron chi connectivity index (χ4n) is 2.93. The van der Waals surface area contributed by atoms with Gasteiger partial charge >= 0.3 is 5.97 Å². The van der Waals surface area contributed by atoms with E-state index in [1.807, 2.05) is 31.2 Å². The largest absolute Gasteiger partial charge is 0.459 e. The van der Waals surface area contributed by atoms with E-state index in [9.17, 15) is 14.4 Å². The normalized spacial score (nSPS) is 10.4. The van der Waals surface area contributed by atoms with Crippen molar-refractivity contribution in [3.05, 3.63) is 88.9 Å². The summed E-state index contributed by atoms with van der Waals surface area (Å²) in [6.07, 6.45) is 1.41. The van der Waals surface area contributed by atoms with Gasteiger partial charge in [0.05, 0.1) is 11.8 Å². The fourth-order valence-corrected chi connectivity index (χ4v) is 2.93. The summed E-state index contributed by atoms with van der Waals surface area (Å²) in [5, 5.41) is 2.71. The fraction of sp³-hybridized carbons (Fsp3) is 0.208. The van der Waals surface area contributed by atoms with Gasteiger partial charge in [-0.15, -0.1) is 0 Å². The number of carbonyl (C=O) groups is 3. The Bertz CT molecular complexity index is 1090. The summed E-state index contributed by atoms with van der Waals surface area (Å²) in [5.41, 5.74) is 3.57. The molecule has 7 heteroatoms. The molecule has 0 radical (unpaired) electrons. The molecule has 0 saturated heterocycles. The number of likely N-dealkylation sites (N-methyl/N-ethyl adjacent to an activating group) is 1. The van der Waals surface area contributed by atoms with Gasteiger partial charge in [-0.3, -0.25) is 9.59 Å². The SMILES string of the molecule is Cc1ccccc1CN(C)C(=O)COC(=O)c1ccc(C)c(NC(=O)c2ccco2)c1. The first-order chi connectivity index (χ1) is 14.8. The summed E-state index contributed by atoms with van der Waals surface area (Å²) in [5.74, 6) is -1.22. The number of furan rings is 1. The second-order valence-electron chi connectivity index (χ2n) is 7.21. The number of ether oxygens (including phenoxy) is 1. The third-order valence-electron chi connectivity index (χ3n) is 4.89. The molecular weight excluding hydrogens is 396 g/mol. The number of carbonyl (C=O) groups excluding carboxylic acids is 3. The monoisotopic (exact) mass is 420 g/mol. The van der Waals surface area contributed by atoms with Crippen LogP contribution >= 0.6 is 0 Å². The van der Waals surface area contributed by atoms with Crippen LogP contribution in [0.15, 0.2) is 65.3 Å². The minimum Gasteiger partial charge on any atom is -0.459 e. The van der Waals surface area contributed by atoms with E-state index in [0.29, 0.717) is 12.2 Å². The first kappa shape index (κ1) is 21.8. The van der Waals surface area contributed by atoms with Crippen LogP contribution in [0.2, 0.25) is 0 Å². The van der Waals surface area contributed by atoms with E-state index in [4.69, 9.17) is 9.15 Å². The number of hydrogen-bond acceptors (Lipinski definition) is 5. The Morgan fingerprint density at radius 3 is 2.48 bits per heavy atom. The van der Waals surface area contributed by atoms with E-state index < -0.39 is 11.9 Å². The first-order valence-corrected chi connectivity index (χ1v) is 9.76. The first-order valence-electron chi connectivity index (χ1n) is 9.76. The molecule has 160 valence electrons. The molecule has 0 atom stereocenters. The lowest BCUT2D eigenvalue weighted by Gasteiger charge is -2.18. The predicted molar refractivity (Wildman–Crippen MR) is 116 cm³/mol. The molecule has 2 amide bonds. The number of hydrogen-bond donors (Lipinski definition) is 1. The zero-order valence-electron chi connectivity index (χ0n) is 17.7. The number of nitrogens with zero attached hydrogens (tertiary/aromatic N) is 1. The third-order valence-corrected chi connectivity index (χ3v) is 4.89. The van der Waals surface area contributed by atoms with Crippen LogP contribution in [0.5, 0.6) is 0 Å². The average Bonchev–Trinajstić information content (AvgIpc) is 3.30. The Balaban J connectivity index is 1.59. The number of nitrogens with one attached hydrogen (secondary N) is 1. The second kappa shape index (κ2) is 9.75. The van der Waals surface area contributed by atoms with E-state index in [1.54, 1.807) is 38.2 Å². The maximum Gasteiger partial charge on any atom is 0.338 e. The zero-order valence-corrected chi connectivity index (χ0v) is 17.7. The van der Waals surface area contributed by atoms with Crippen LogP contribution in [0.3, 0.4) is 0 Å². The van der Waals surface area contributed by atoms with Crippen LogP contribution in [-0.2, 0) is 16.1 Å². The summed E-state index contributed by atoms with van der Waals surface area (Å²) in [4.78, 5) is 38.5. The molecule has 0 fully saturated rings. The number of amides is 2. The van der Waals surface area contributed by atoms with Gasteiger partial charge in [0, 0.05) is 19.3 Å². The minimum absolute atomic E-state index is 0.162. The van der Waals surface area contributed by atoms with Crippen LogP contribution in [0.25, 0.3) is 0 Å². The van der Waals surface area contributed by atoms with Crippen LogP contribution in [0, 0.1) is 13.8 Å². The van der Waals surface area contributed by atoms with E-state index in [1.165, 1.54) is 17.2 Å². The van der Waals surface area contributed by atoms with Gasteiger partial charge in [0.1, 0.15) is 0 Å². The Hall–Kier alpha value is -3.87. The molecule has 31 heavy (non-hydrogen) atoms. The van der Waals surface area contributed by atoms with E-state index in [-0.39, 0.29) is 23.8 Å². The van der Waals surface area contributed by atoms with E-state index >= 15 is 0 Å². The maximum atomic E-state index is 12.4. The van der Waals surface area contributed by atoms with Crippen LogP contribution in [0.4, 0.5) is 5.69 Å². The highest BCUT2D eigenvalue weighted by molar-refractivity contribution is 6.03.